The Morgan fingerprint density at radius 3 is 2.37 bits per heavy atom. The van der Waals surface area contributed by atoms with Crippen LogP contribution in [0, 0.1) is 17.0 Å². The van der Waals surface area contributed by atoms with E-state index >= 15 is 0 Å². The molecule has 0 bridgehead atoms. The van der Waals surface area contributed by atoms with E-state index in [4.69, 9.17) is 11.5 Å². The Bertz CT molecular complexity index is 999. The predicted octanol–water partition coefficient (Wildman–Crippen LogP) is 2.35. The summed E-state index contributed by atoms with van der Waals surface area (Å²) in [6.07, 6.45) is -0.400. The van der Waals surface area contributed by atoms with Gasteiger partial charge in [-0.05, 0) is 66.1 Å². The summed E-state index contributed by atoms with van der Waals surface area (Å²) in [5.41, 5.74) is 12.4. The Kier molecular flexibility index (Phi) is 10.3. The molecule has 0 spiro atoms. The Hall–Kier alpha value is -2.88. The number of carbonyl (C=O) groups is 2. The number of Topliss-reactive ketones (excluding diaryl/α,β-unsaturated/α-hetero) is 1. The summed E-state index contributed by atoms with van der Waals surface area (Å²) in [6.45, 7) is 3.99. The number of nitrogens with two attached hydrogens (primary N) is 2. The lowest BCUT2D eigenvalue weighted by Gasteiger charge is -2.26. The molecule has 192 valence electrons. The van der Waals surface area contributed by atoms with Crippen molar-refractivity contribution in [2.75, 3.05) is 6.54 Å². The van der Waals surface area contributed by atoms with Crippen LogP contribution in [-0.4, -0.2) is 46.6 Å². The number of hydrogen-bond acceptors (Lipinski definition) is 6. The second-order valence-electron chi connectivity index (χ2n) is 9.80. The Morgan fingerprint density at radius 2 is 1.71 bits per heavy atom. The number of aliphatic hydroxyl groups is 1. The number of aromatic hydroxyl groups is 1. The first-order valence-corrected chi connectivity index (χ1v) is 11.6. The molecular formula is C26H35F2N3O4. The molecule has 0 saturated heterocycles. The lowest BCUT2D eigenvalue weighted by atomic mass is 9.85. The summed E-state index contributed by atoms with van der Waals surface area (Å²) in [5, 5.41) is 22.3. The standard InChI is InChI=1S/C26H35F2N3O4/c1-26(2,10-9-21(33)14-19(29)13-17-12-18(27)5-8-22(17)28)15-31-25(35)24(34)23(30)11-16-3-6-20(32)7-4-16/h3-8,12,19,23-24,32,34H,9-11,13-15,29-30H2,1-2H3,(H,31,35)/t19?,23-,24+/m1/s1. The molecule has 0 saturated carbocycles. The third-order valence-electron chi connectivity index (χ3n) is 5.88. The van der Waals surface area contributed by atoms with Crippen molar-refractivity contribution in [3.63, 3.8) is 0 Å². The molecule has 7 N–H and O–H groups in total. The van der Waals surface area contributed by atoms with Gasteiger partial charge in [-0.1, -0.05) is 26.0 Å². The van der Waals surface area contributed by atoms with Gasteiger partial charge in [-0.15, -0.1) is 0 Å². The van der Waals surface area contributed by atoms with Crippen molar-refractivity contribution in [2.45, 2.75) is 64.1 Å². The fraction of sp³-hybridized carbons (Fsp3) is 0.462. The zero-order valence-corrected chi connectivity index (χ0v) is 20.1. The first-order valence-electron chi connectivity index (χ1n) is 11.6. The summed E-state index contributed by atoms with van der Waals surface area (Å²) in [4.78, 5) is 24.7. The highest BCUT2D eigenvalue weighted by molar-refractivity contribution is 5.81. The third-order valence-corrected chi connectivity index (χ3v) is 5.88. The van der Waals surface area contributed by atoms with Crippen molar-refractivity contribution < 1.29 is 28.6 Å². The molecule has 0 aliphatic rings. The maximum absolute atomic E-state index is 13.8. The fourth-order valence-electron chi connectivity index (χ4n) is 3.66. The van der Waals surface area contributed by atoms with Crippen molar-refractivity contribution in [3.05, 3.63) is 65.2 Å². The van der Waals surface area contributed by atoms with Gasteiger partial charge in [0, 0.05) is 31.5 Å². The van der Waals surface area contributed by atoms with E-state index in [1.807, 2.05) is 13.8 Å². The molecular weight excluding hydrogens is 456 g/mol. The number of phenolic OH excluding ortho intramolecular Hbond substituents is 1. The van der Waals surface area contributed by atoms with Crippen LogP contribution in [0.2, 0.25) is 0 Å². The minimum absolute atomic E-state index is 0.0310. The van der Waals surface area contributed by atoms with Gasteiger partial charge in [-0.3, -0.25) is 9.59 Å². The normalized spacial score (nSPS) is 14.3. The topological polar surface area (TPSA) is 139 Å². The fourth-order valence-corrected chi connectivity index (χ4v) is 3.66. The average Bonchev–Trinajstić information content (AvgIpc) is 2.79. The monoisotopic (exact) mass is 491 g/mol. The van der Waals surface area contributed by atoms with Gasteiger partial charge in [0.1, 0.15) is 29.3 Å². The largest absolute Gasteiger partial charge is 0.508 e. The van der Waals surface area contributed by atoms with E-state index in [1.165, 1.54) is 12.1 Å². The van der Waals surface area contributed by atoms with Gasteiger partial charge in [0.2, 0.25) is 5.91 Å². The molecule has 0 fully saturated rings. The molecule has 2 aromatic carbocycles. The van der Waals surface area contributed by atoms with Gasteiger partial charge in [0.15, 0.2) is 0 Å². The molecule has 1 amide bonds. The summed E-state index contributed by atoms with van der Waals surface area (Å²) >= 11 is 0. The molecule has 35 heavy (non-hydrogen) atoms. The predicted molar refractivity (Wildman–Crippen MR) is 129 cm³/mol. The molecule has 0 heterocycles. The van der Waals surface area contributed by atoms with Crippen molar-refractivity contribution in [3.8, 4) is 5.75 Å². The number of benzene rings is 2. The number of carbonyl (C=O) groups excluding carboxylic acids is 2. The Morgan fingerprint density at radius 1 is 1.06 bits per heavy atom. The first kappa shape index (κ1) is 28.4. The molecule has 0 aliphatic carbocycles. The zero-order valence-electron chi connectivity index (χ0n) is 20.1. The average molecular weight is 492 g/mol. The molecule has 2 rings (SSSR count). The summed E-state index contributed by atoms with van der Waals surface area (Å²) < 4.78 is 27.1. The lowest BCUT2D eigenvalue weighted by molar-refractivity contribution is -0.130. The number of nitrogens with one attached hydrogen (secondary N) is 1. The first-order chi connectivity index (χ1) is 16.4. The minimum atomic E-state index is -1.41. The van der Waals surface area contributed by atoms with Crippen LogP contribution >= 0.6 is 0 Å². The number of ketones is 1. The Labute approximate surface area is 204 Å². The molecule has 9 heteroatoms. The third kappa shape index (κ3) is 9.71. The van der Waals surface area contributed by atoms with Crippen LogP contribution in [-0.2, 0) is 22.4 Å². The molecule has 1 unspecified atom stereocenters. The van der Waals surface area contributed by atoms with E-state index in [-0.39, 0.29) is 49.3 Å². The van der Waals surface area contributed by atoms with E-state index in [0.717, 1.165) is 23.8 Å². The van der Waals surface area contributed by atoms with Crippen LogP contribution in [0.4, 0.5) is 8.78 Å². The lowest BCUT2D eigenvalue weighted by Crippen LogP contribution is -2.49. The molecule has 0 aromatic heterocycles. The summed E-state index contributed by atoms with van der Waals surface area (Å²) in [7, 11) is 0. The van der Waals surface area contributed by atoms with Crippen LogP contribution < -0.4 is 16.8 Å². The number of halogens is 2. The number of phenols is 1. The van der Waals surface area contributed by atoms with E-state index in [9.17, 15) is 28.6 Å². The second kappa shape index (κ2) is 12.7. The number of aliphatic hydroxyl groups excluding tert-OH is 1. The van der Waals surface area contributed by atoms with E-state index < -0.39 is 41.1 Å². The highest BCUT2D eigenvalue weighted by Gasteiger charge is 2.26. The smallest absolute Gasteiger partial charge is 0.250 e. The molecule has 2 aromatic rings. The highest BCUT2D eigenvalue weighted by atomic mass is 19.1. The highest BCUT2D eigenvalue weighted by Crippen LogP contribution is 2.22. The van der Waals surface area contributed by atoms with Crippen LogP contribution in [0.5, 0.6) is 5.75 Å². The Balaban J connectivity index is 1.75. The summed E-state index contributed by atoms with van der Waals surface area (Å²) in [5.74, 6) is -1.71. The van der Waals surface area contributed by atoms with E-state index in [2.05, 4.69) is 5.32 Å². The quantitative estimate of drug-likeness (QED) is 0.292. The number of rotatable bonds is 13. The molecule has 3 atom stereocenters. The van der Waals surface area contributed by atoms with Gasteiger partial charge >= 0.3 is 0 Å². The molecule has 0 radical (unpaired) electrons. The number of hydrogen-bond donors (Lipinski definition) is 5. The van der Waals surface area contributed by atoms with Gasteiger partial charge < -0.3 is 27.0 Å². The van der Waals surface area contributed by atoms with Crippen LogP contribution in [0.25, 0.3) is 0 Å². The van der Waals surface area contributed by atoms with Crippen LogP contribution in [0.3, 0.4) is 0 Å². The van der Waals surface area contributed by atoms with Crippen LogP contribution in [0.15, 0.2) is 42.5 Å². The van der Waals surface area contributed by atoms with Crippen molar-refractivity contribution in [2.24, 2.45) is 16.9 Å². The number of amides is 1. The minimum Gasteiger partial charge on any atom is -0.508 e. The summed E-state index contributed by atoms with van der Waals surface area (Å²) in [6, 6.07) is 8.03. The van der Waals surface area contributed by atoms with Gasteiger partial charge in [-0.2, -0.15) is 0 Å². The van der Waals surface area contributed by atoms with E-state index in [1.54, 1.807) is 12.1 Å². The van der Waals surface area contributed by atoms with Crippen LogP contribution in [0.1, 0.15) is 44.2 Å². The maximum atomic E-state index is 13.8. The molecule has 0 aliphatic heterocycles. The van der Waals surface area contributed by atoms with Crippen molar-refractivity contribution >= 4 is 11.7 Å². The van der Waals surface area contributed by atoms with Gasteiger partial charge in [-0.25, -0.2) is 8.78 Å². The van der Waals surface area contributed by atoms with Gasteiger partial charge in [0.05, 0.1) is 0 Å². The second-order valence-corrected chi connectivity index (χ2v) is 9.80. The van der Waals surface area contributed by atoms with Gasteiger partial charge in [0.25, 0.3) is 0 Å². The van der Waals surface area contributed by atoms with Crippen molar-refractivity contribution in [1.82, 2.24) is 5.32 Å². The SMILES string of the molecule is CC(C)(CCC(=O)CC(N)Cc1cc(F)ccc1F)CNC(=O)[C@@H](O)[C@H](N)Cc1ccc(O)cc1. The maximum Gasteiger partial charge on any atom is 0.250 e. The molecule has 7 nitrogen and oxygen atoms in total. The van der Waals surface area contributed by atoms with Crippen molar-refractivity contribution in [1.29, 1.82) is 0 Å². The van der Waals surface area contributed by atoms with E-state index in [0.29, 0.717) is 6.42 Å². The zero-order chi connectivity index (χ0) is 26.2.